The van der Waals surface area contributed by atoms with E-state index in [1.54, 1.807) is 0 Å². The summed E-state index contributed by atoms with van der Waals surface area (Å²) in [5.74, 6) is 0. The Morgan fingerprint density at radius 3 is 1.29 bits per heavy atom. The van der Waals surface area contributed by atoms with E-state index in [9.17, 15) is 0 Å². The van der Waals surface area contributed by atoms with Gasteiger partial charge in [-0.25, -0.2) is 0 Å². The van der Waals surface area contributed by atoms with E-state index in [1.807, 2.05) is 6.08 Å². The lowest BCUT2D eigenvalue weighted by Gasteiger charge is -2.26. The van der Waals surface area contributed by atoms with Gasteiger partial charge in [0.1, 0.15) is 0 Å². The van der Waals surface area contributed by atoms with E-state index in [0.717, 1.165) is 5.56 Å². The van der Waals surface area contributed by atoms with Gasteiger partial charge in [-0.3, -0.25) is 0 Å². The molecule has 0 atom stereocenters. The third-order valence-electron chi connectivity index (χ3n) is 6.56. The van der Waals surface area contributed by atoms with E-state index in [-0.39, 0.29) is 10.8 Å². The maximum atomic E-state index is 3.88. The van der Waals surface area contributed by atoms with Crippen molar-refractivity contribution in [2.24, 2.45) is 0 Å². The minimum Gasteiger partial charge on any atom is -0.0985 e. The van der Waals surface area contributed by atoms with E-state index in [0.29, 0.717) is 0 Å². The number of hydrogen-bond donors (Lipinski definition) is 0. The number of hydrogen-bond acceptors (Lipinski definition) is 0. The van der Waals surface area contributed by atoms with Gasteiger partial charge in [-0.15, -0.1) is 0 Å². The summed E-state index contributed by atoms with van der Waals surface area (Å²) < 4.78 is 0. The molecule has 34 heavy (non-hydrogen) atoms. The van der Waals surface area contributed by atoms with E-state index < -0.39 is 0 Å². The van der Waals surface area contributed by atoms with Crippen LogP contribution in [-0.4, -0.2) is 0 Å². The van der Waals surface area contributed by atoms with Crippen molar-refractivity contribution < 1.29 is 0 Å². The molecular weight excluding hydrogens is 408 g/mol. The van der Waals surface area contributed by atoms with E-state index in [1.165, 1.54) is 44.5 Å². The normalized spacial score (nSPS) is 11.9. The van der Waals surface area contributed by atoms with E-state index >= 15 is 0 Å². The maximum absolute atomic E-state index is 3.88. The predicted molar refractivity (Wildman–Crippen MR) is 150 cm³/mol. The van der Waals surface area contributed by atoms with Gasteiger partial charge in [-0.05, 0) is 67.0 Å². The molecule has 4 aromatic carbocycles. The molecule has 0 radical (unpaired) electrons. The van der Waals surface area contributed by atoms with Gasteiger partial charge in [-0.2, -0.15) is 0 Å². The Balaban J connectivity index is 1.64. The van der Waals surface area contributed by atoms with Gasteiger partial charge in [0, 0.05) is 0 Å². The molecule has 4 rings (SSSR count). The molecule has 0 saturated carbocycles. The molecule has 0 nitrogen and oxygen atoms in total. The monoisotopic (exact) mass is 444 g/mol. The molecule has 0 heteroatoms. The summed E-state index contributed by atoms with van der Waals surface area (Å²) in [6.45, 7) is 17.6. The summed E-state index contributed by atoms with van der Waals surface area (Å²) in [4.78, 5) is 0. The van der Waals surface area contributed by atoms with Crippen LogP contribution in [0.4, 0.5) is 0 Å². The van der Waals surface area contributed by atoms with Gasteiger partial charge >= 0.3 is 0 Å². The molecule has 172 valence electrons. The molecule has 0 aromatic heterocycles. The van der Waals surface area contributed by atoms with Crippen LogP contribution in [0.25, 0.3) is 39.5 Å². The third kappa shape index (κ3) is 5.23. The molecule has 0 saturated heterocycles. The summed E-state index contributed by atoms with van der Waals surface area (Å²) in [6, 6.07) is 33.4. The highest BCUT2D eigenvalue weighted by atomic mass is 14.3. The first-order chi connectivity index (χ1) is 16.0. The summed E-state index contributed by atoms with van der Waals surface area (Å²) in [6.07, 6.45) is 1.89. The van der Waals surface area contributed by atoms with Crippen molar-refractivity contribution in [1.29, 1.82) is 0 Å². The fourth-order valence-corrected chi connectivity index (χ4v) is 4.22. The first-order valence-corrected chi connectivity index (χ1v) is 12.1. The van der Waals surface area contributed by atoms with Crippen molar-refractivity contribution >= 4 is 6.08 Å². The van der Waals surface area contributed by atoms with Crippen molar-refractivity contribution in [3.8, 4) is 33.4 Å². The SMILES string of the molecule is C=Cc1cccc(-c2ccc(-c3ccc(-c4cc(C(C)(C)C)cc(C(C)(C)C)c4)cc3)cc2)c1. The van der Waals surface area contributed by atoms with Crippen LogP contribution in [-0.2, 0) is 10.8 Å². The van der Waals surface area contributed by atoms with Crippen LogP contribution >= 0.6 is 0 Å². The predicted octanol–water partition coefficient (Wildman–Crippen LogP) is 9.93. The Hall–Kier alpha value is -3.38. The largest absolute Gasteiger partial charge is 0.0985 e. The molecule has 0 bridgehead atoms. The highest BCUT2D eigenvalue weighted by molar-refractivity contribution is 5.74. The molecule has 0 amide bonds. The second-order valence-corrected chi connectivity index (χ2v) is 11.3. The Morgan fingerprint density at radius 1 is 0.471 bits per heavy atom. The lowest BCUT2D eigenvalue weighted by atomic mass is 9.79. The third-order valence-corrected chi connectivity index (χ3v) is 6.56. The van der Waals surface area contributed by atoms with Crippen LogP contribution in [0.5, 0.6) is 0 Å². The topological polar surface area (TPSA) is 0 Å². The summed E-state index contributed by atoms with van der Waals surface area (Å²) in [5, 5.41) is 0. The van der Waals surface area contributed by atoms with Crippen LogP contribution in [0, 0.1) is 0 Å². The standard InChI is InChI=1S/C34H36/c1-8-24-10-9-11-29(20-24)27-16-12-25(13-17-27)26-14-18-28(19-15-26)30-21-31(33(2,3)4)23-32(22-30)34(5,6)7/h8-23H,1H2,2-7H3. The first-order valence-electron chi connectivity index (χ1n) is 12.1. The molecule has 0 spiro atoms. The Kier molecular flexibility index (Phi) is 6.36. The van der Waals surface area contributed by atoms with Crippen molar-refractivity contribution in [3.05, 3.63) is 114 Å². The van der Waals surface area contributed by atoms with Gasteiger partial charge in [0.05, 0.1) is 0 Å². The van der Waals surface area contributed by atoms with E-state index in [2.05, 4.69) is 139 Å². The van der Waals surface area contributed by atoms with Crippen LogP contribution in [0.2, 0.25) is 0 Å². The molecule has 0 heterocycles. The Morgan fingerprint density at radius 2 is 0.882 bits per heavy atom. The van der Waals surface area contributed by atoms with Gasteiger partial charge in [0.25, 0.3) is 0 Å². The zero-order valence-electron chi connectivity index (χ0n) is 21.4. The summed E-state index contributed by atoms with van der Waals surface area (Å²) >= 11 is 0. The van der Waals surface area contributed by atoms with Crippen molar-refractivity contribution in [2.45, 2.75) is 52.4 Å². The fraction of sp³-hybridized carbons (Fsp3) is 0.235. The highest BCUT2D eigenvalue weighted by Crippen LogP contribution is 2.35. The van der Waals surface area contributed by atoms with Crippen molar-refractivity contribution in [1.82, 2.24) is 0 Å². The van der Waals surface area contributed by atoms with Crippen LogP contribution in [0.1, 0.15) is 58.2 Å². The fourth-order valence-electron chi connectivity index (χ4n) is 4.22. The summed E-state index contributed by atoms with van der Waals surface area (Å²) in [5.41, 5.74) is 11.6. The van der Waals surface area contributed by atoms with Crippen LogP contribution in [0.15, 0.2) is 97.6 Å². The van der Waals surface area contributed by atoms with Gasteiger partial charge in [-0.1, -0.05) is 139 Å². The van der Waals surface area contributed by atoms with Gasteiger partial charge < -0.3 is 0 Å². The van der Waals surface area contributed by atoms with Gasteiger partial charge in [0.2, 0.25) is 0 Å². The zero-order chi connectivity index (χ0) is 24.5. The Labute approximate surface area is 206 Å². The minimum atomic E-state index is 0.114. The molecule has 0 aliphatic carbocycles. The molecule has 4 aromatic rings. The van der Waals surface area contributed by atoms with Crippen molar-refractivity contribution in [3.63, 3.8) is 0 Å². The number of benzene rings is 4. The second-order valence-electron chi connectivity index (χ2n) is 11.3. The summed E-state index contributed by atoms with van der Waals surface area (Å²) in [7, 11) is 0. The molecule has 0 N–H and O–H groups in total. The average molecular weight is 445 g/mol. The molecule has 0 aliphatic heterocycles. The minimum absolute atomic E-state index is 0.114. The van der Waals surface area contributed by atoms with Crippen molar-refractivity contribution in [2.75, 3.05) is 0 Å². The quantitative estimate of drug-likeness (QED) is 0.294. The maximum Gasteiger partial charge on any atom is -0.0132 e. The molecule has 0 fully saturated rings. The van der Waals surface area contributed by atoms with Crippen LogP contribution < -0.4 is 0 Å². The Bertz CT molecular complexity index is 1260. The lowest BCUT2D eigenvalue weighted by Crippen LogP contribution is -2.16. The average Bonchev–Trinajstić information content (AvgIpc) is 2.83. The van der Waals surface area contributed by atoms with Crippen LogP contribution in [0.3, 0.4) is 0 Å². The van der Waals surface area contributed by atoms with E-state index in [4.69, 9.17) is 0 Å². The highest BCUT2D eigenvalue weighted by Gasteiger charge is 2.20. The molecular formula is C34H36. The lowest BCUT2D eigenvalue weighted by molar-refractivity contribution is 0.569. The zero-order valence-corrected chi connectivity index (χ0v) is 21.4. The number of rotatable bonds is 4. The second kappa shape index (κ2) is 9.11. The molecule has 0 unspecified atom stereocenters. The first kappa shape index (κ1) is 23.8. The van der Waals surface area contributed by atoms with Gasteiger partial charge in [0.15, 0.2) is 0 Å². The smallest absolute Gasteiger partial charge is 0.0132 e. The molecule has 0 aliphatic rings.